The Balaban J connectivity index is 1.74. The fourth-order valence-electron chi connectivity index (χ4n) is 3.89. The Morgan fingerprint density at radius 1 is 1.03 bits per heavy atom. The Hall–Kier alpha value is -3.88. The van der Waals surface area contributed by atoms with Crippen molar-refractivity contribution in [1.82, 2.24) is 9.88 Å². The topological polar surface area (TPSA) is 97.7 Å². The number of methoxy groups -OCH3 is 1. The molecule has 8 nitrogen and oxygen atoms in total. The van der Waals surface area contributed by atoms with Crippen molar-refractivity contribution >= 4 is 58.8 Å². The summed E-state index contributed by atoms with van der Waals surface area (Å²) >= 11 is 12.3. The maximum absolute atomic E-state index is 13.2. The molecule has 2 aromatic carbocycles. The first kappa shape index (κ1) is 24.3. The summed E-state index contributed by atoms with van der Waals surface area (Å²) < 4.78 is 6.65. The summed E-state index contributed by atoms with van der Waals surface area (Å²) in [7, 11) is 1.31. The molecule has 3 aromatic rings. The van der Waals surface area contributed by atoms with Crippen molar-refractivity contribution in [2.75, 3.05) is 12.0 Å². The molecule has 1 aromatic heterocycles. The summed E-state index contributed by atoms with van der Waals surface area (Å²) in [6.07, 6.45) is 1.43. The van der Waals surface area contributed by atoms with Crippen LogP contribution in [-0.2, 0) is 14.3 Å². The Morgan fingerprint density at radius 3 is 2.37 bits per heavy atom. The second-order valence-corrected chi connectivity index (χ2v) is 8.52. The molecule has 1 saturated heterocycles. The van der Waals surface area contributed by atoms with Gasteiger partial charge in [-0.2, -0.15) is 0 Å². The van der Waals surface area contributed by atoms with Crippen molar-refractivity contribution in [2.45, 2.75) is 13.8 Å². The van der Waals surface area contributed by atoms with Crippen LogP contribution in [0.2, 0.25) is 10.0 Å². The molecule has 1 aliphatic heterocycles. The number of hydrogen-bond donors (Lipinski definition) is 1. The number of carbonyl (C=O) groups is 4. The van der Waals surface area contributed by atoms with Gasteiger partial charge in [0.2, 0.25) is 0 Å². The molecule has 1 fully saturated rings. The molecule has 178 valence electrons. The van der Waals surface area contributed by atoms with Gasteiger partial charge in [-0.3, -0.25) is 14.9 Å². The van der Waals surface area contributed by atoms with E-state index in [4.69, 9.17) is 27.9 Å². The number of ether oxygens (including phenoxy) is 1. The SMILES string of the molecule is COC(=O)c1ccc(-n2c(C)cc(/C=C3/C(=O)NC(=O)N(c4cccc(Cl)c4Cl)C3=O)c2C)cc1. The Morgan fingerprint density at radius 2 is 1.71 bits per heavy atom. The lowest BCUT2D eigenvalue weighted by molar-refractivity contribution is -0.122. The summed E-state index contributed by atoms with van der Waals surface area (Å²) in [6.45, 7) is 3.70. The lowest BCUT2D eigenvalue weighted by Gasteiger charge is -2.27. The lowest BCUT2D eigenvalue weighted by atomic mass is 10.1. The van der Waals surface area contributed by atoms with Crippen molar-refractivity contribution in [3.63, 3.8) is 0 Å². The minimum atomic E-state index is -0.919. The standard InChI is InChI=1S/C25H19Cl2N3O5/c1-13-11-16(14(2)29(13)17-9-7-15(8-10-17)24(33)35-3)12-18-22(31)28-25(34)30(23(18)32)20-6-4-5-19(26)21(20)27/h4-12H,1-3H3,(H,28,31,34)/b18-12-. The Labute approximate surface area is 210 Å². The molecule has 0 radical (unpaired) electrons. The first-order chi connectivity index (χ1) is 16.6. The highest BCUT2D eigenvalue weighted by Crippen LogP contribution is 2.34. The van der Waals surface area contributed by atoms with Gasteiger partial charge < -0.3 is 9.30 Å². The number of imide groups is 2. The number of esters is 1. The lowest BCUT2D eigenvalue weighted by Crippen LogP contribution is -2.54. The largest absolute Gasteiger partial charge is 0.465 e. The first-order valence-electron chi connectivity index (χ1n) is 10.4. The highest BCUT2D eigenvalue weighted by molar-refractivity contribution is 6.46. The molecular formula is C25H19Cl2N3O5. The van der Waals surface area contributed by atoms with E-state index in [1.54, 1.807) is 30.3 Å². The number of nitrogens with one attached hydrogen (secondary N) is 1. The number of benzene rings is 2. The van der Waals surface area contributed by atoms with Crippen LogP contribution in [0.3, 0.4) is 0 Å². The summed E-state index contributed by atoms with van der Waals surface area (Å²) in [5, 5.41) is 2.35. The molecule has 4 amide bonds. The van der Waals surface area contributed by atoms with Crippen LogP contribution in [0.1, 0.15) is 27.3 Å². The van der Waals surface area contributed by atoms with E-state index in [0.717, 1.165) is 22.0 Å². The third-order valence-corrected chi connectivity index (χ3v) is 6.40. The first-order valence-corrected chi connectivity index (χ1v) is 11.1. The van der Waals surface area contributed by atoms with Gasteiger partial charge in [0.25, 0.3) is 11.8 Å². The van der Waals surface area contributed by atoms with Crippen LogP contribution in [0, 0.1) is 13.8 Å². The number of rotatable bonds is 4. The van der Waals surface area contributed by atoms with Gasteiger partial charge >= 0.3 is 12.0 Å². The van der Waals surface area contributed by atoms with Crippen LogP contribution in [0.25, 0.3) is 11.8 Å². The van der Waals surface area contributed by atoms with E-state index in [9.17, 15) is 19.2 Å². The second kappa shape index (κ2) is 9.40. The number of hydrogen-bond acceptors (Lipinski definition) is 5. The summed E-state index contributed by atoms with van der Waals surface area (Å²) in [4.78, 5) is 50.8. The predicted octanol–water partition coefficient (Wildman–Crippen LogP) is 4.85. The number of halogens is 2. The van der Waals surface area contributed by atoms with Crippen molar-refractivity contribution in [3.8, 4) is 5.69 Å². The minimum absolute atomic E-state index is 0.0138. The van der Waals surface area contributed by atoms with Crippen LogP contribution in [0.5, 0.6) is 0 Å². The van der Waals surface area contributed by atoms with E-state index in [1.807, 2.05) is 24.5 Å². The molecule has 4 rings (SSSR count). The molecule has 1 aliphatic rings. The van der Waals surface area contributed by atoms with Gasteiger partial charge in [0, 0.05) is 17.1 Å². The van der Waals surface area contributed by atoms with Crippen molar-refractivity contribution in [3.05, 3.63) is 86.7 Å². The van der Waals surface area contributed by atoms with Gasteiger partial charge in [0.1, 0.15) is 5.57 Å². The second-order valence-electron chi connectivity index (χ2n) is 7.73. The fraction of sp³-hybridized carbons (Fsp3) is 0.120. The number of aromatic nitrogens is 1. The van der Waals surface area contributed by atoms with Gasteiger partial charge in [0.15, 0.2) is 0 Å². The number of urea groups is 1. The number of anilines is 1. The van der Waals surface area contributed by atoms with Crippen molar-refractivity contribution in [1.29, 1.82) is 0 Å². The molecule has 0 spiro atoms. The molecule has 35 heavy (non-hydrogen) atoms. The molecule has 0 unspecified atom stereocenters. The van der Waals surface area contributed by atoms with E-state index in [0.29, 0.717) is 11.1 Å². The average Bonchev–Trinajstić information content (AvgIpc) is 3.11. The number of amides is 4. The molecular weight excluding hydrogens is 493 g/mol. The molecule has 0 aliphatic carbocycles. The third-order valence-electron chi connectivity index (χ3n) is 5.59. The van der Waals surface area contributed by atoms with E-state index < -0.39 is 23.8 Å². The van der Waals surface area contributed by atoms with Crippen LogP contribution >= 0.6 is 23.2 Å². The van der Waals surface area contributed by atoms with Gasteiger partial charge in [-0.05, 0) is 68.0 Å². The van der Waals surface area contributed by atoms with Gasteiger partial charge in [-0.25, -0.2) is 14.5 Å². The molecule has 0 atom stereocenters. The summed E-state index contributed by atoms with van der Waals surface area (Å²) in [5.41, 5.74) is 3.19. The zero-order chi connectivity index (χ0) is 25.4. The maximum atomic E-state index is 13.2. The monoisotopic (exact) mass is 511 g/mol. The zero-order valence-electron chi connectivity index (χ0n) is 18.9. The fourth-order valence-corrected chi connectivity index (χ4v) is 4.27. The molecule has 1 N–H and O–H groups in total. The van der Waals surface area contributed by atoms with E-state index >= 15 is 0 Å². The zero-order valence-corrected chi connectivity index (χ0v) is 20.4. The van der Waals surface area contributed by atoms with Crippen molar-refractivity contribution < 1.29 is 23.9 Å². The Bertz CT molecular complexity index is 1420. The molecule has 2 heterocycles. The Kier molecular flexibility index (Phi) is 6.51. The predicted molar refractivity (Wildman–Crippen MR) is 132 cm³/mol. The van der Waals surface area contributed by atoms with E-state index in [-0.39, 0.29) is 21.3 Å². The van der Waals surface area contributed by atoms with Crippen LogP contribution in [0.15, 0.2) is 54.1 Å². The number of barbiturate groups is 1. The summed E-state index contributed by atoms with van der Waals surface area (Å²) in [6, 6.07) is 12.2. The quantitative estimate of drug-likeness (QED) is 0.306. The third kappa shape index (κ3) is 4.34. The minimum Gasteiger partial charge on any atom is -0.465 e. The highest BCUT2D eigenvalue weighted by atomic mass is 35.5. The normalized spacial score (nSPS) is 14.9. The molecule has 0 saturated carbocycles. The maximum Gasteiger partial charge on any atom is 0.337 e. The number of carbonyl (C=O) groups excluding carboxylic acids is 4. The van der Waals surface area contributed by atoms with E-state index in [2.05, 4.69) is 5.32 Å². The number of aryl methyl sites for hydroxylation is 1. The van der Waals surface area contributed by atoms with Gasteiger partial charge in [-0.1, -0.05) is 29.3 Å². The van der Waals surface area contributed by atoms with Gasteiger partial charge in [0.05, 0.1) is 28.4 Å². The van der Waals surface area contributed by atoms with E-state index in [1.165, 1.54) is 25.3 Å². The van der Waals surface area contributed by atoms with Crippen LogP contribution in [0.4, 0.5) is 10.5 Å². The highest BCUT2D eigenvalue weighted by Gasteiger charge is 2.38. The van der Waals surface area contributed by atoms with Gasteiger partial charge in [-0.15, -0.1) is 0 Å². The average molecular weight is 512 g/mol. The molecule has 10 heteroatoms. The van der Waals surface area contributed by atoms with Crippen LogP contribution < -0.4 is 10.2 Å². The summed E-state index contributed by atoms with van der Waals surface area (Å²) in [5.74, 6) is -2.08. The number of nitrogens with zero attached hydrogens (tertiary/aromatic N) is 2. The molecule has 0 bridgehead atoms. The van der Waals surface area contributed by atoms with Crippen molar-refractivity contribution in [2.24, 2.45) is 0 Å². The smallest absolute Gasteiger partial charge is 0.337 e. The van der Waals surface area contributed by atoms with Crippen LogP contribution in [-0.4, -0.2) is 35.5 Å².